The van der Waals surface area contributed by atoms with Crippen molar-refractivity contribution in [1.29, 1.82) is 0 Å². The zero-order valence-electron chi connectivity index (χ0n) is 7.64. The Bertz CT molecular complexity index is 74.5. The van der Waals surface area contributed by atoms with Crippen LogP contribution in [0.5, 0.6) is 0 Å². The maximum Gasteiger partial charge on any atom is 0.0107 e. The smallest absolute Gasteiger partial charge is 0.0107 e. The zero-order valence-corrected chi connectivity index (χ0v) is 8.53. The van der Waals surface area contributed by atoms with Gasteiger partial charge in [-0.2, -0.15) is 12.6 Å². The minimum Gasteiger partial charge on any atom is -0.315 e. The molecule has 68 valence electrons. The number of thiol groups is 1. The van der Waals surface area contributed by atoms with Gasteiger partial charge in [0.1, 0.15) is 0 Å². The van der Waals surface area contributed by atoms with Crippen molar-refractivity contribution in [1.82, 2.24) is 10.2 Å². The third-order valence-electron chi connectivity index (χ3n) is 1.79. The van der Waals surface area contributed by atoms with E-state index >= 15 is 0 Å². The molecule has 0 aromatic heterocycles. The molecule has 2 nitrogen and oxygen atoms in total. The second kappa shape index (κ2) is 8.37. The molecule has 0 saturated heterocycles. The Morgan fingerprint density at radius 3 is 2.27 bits per heavy atom. The summed E-state index contributed by atoms with van der Waals surface area (Å²) in [5.74, 6) is 0.929. The molecule has 0 heterocycles. The van der Waals surface area contributed by atoms with Crippen molar-refractivity contribution >= 4 is 12.6 Å². The van der Waals surface area contributed by atoms with Crippen LogP contribution in [-0.4, -0.2) is 43.4 Å². The van der Waals surface area contributed by atoms with Gasteiger partial charge in [-0.1, -0.05) is 13.8 Å². The molecule has 0 unspecified atom stereocenters. The second-order valence-corrected chi connectivity index (χ2v) is 2.95. The first-order valence-corrected chi connectivity index (χ1v) is 5.02. The molecule has 0 fully saturated rings. The minimum absolute atomic E-state index is 0.929. The molecule has 0 aromatic rings. The Morgan fingerprint density at radius 1 is 1.18 bits per heavy atom. The average Bonchev–Trinajstić information content (AvgIpc) is 2.05. The first-order valence-electron chi connectivity index (χ1n) is 4.39. The van der Waals surface area contributed by atoms with E-state index in [1.807, 2.05) is 0 Å². The summed E-state index contributed by atoms with van der Waals surface area (Å²) >= 11 is 4.11. The summed E-state index contributed by atoms with van der Waals surface area (Å²) in [4.78, 5) is 2.41. The van der Waals surface area contributed by atoms with Crippen LogP contribution in [0.25, 0.3) is 0 Å². The number of nitrogens with one attached hydrogen (secondary N) is 1. The highest BCUT2D eigenvalue weighted by Crippen LogP contribution is 1.83. The summed E-state index contributed by atoms with van der Waals surface area (Å²) in [5, 5.41) is 3.32. The lowest BCUT2D eigenvalue weighted by atomic mass is 10.4. The van der Waals surface area contributed by atoms with Gasteiger partial charge in [0.05, 0.1) is 0 Å². The highest BCUT2D eigenvalue weighted by Gasteiger charge is 1.95. The van der Waals surface area contributed by atoms with E-state index in [2.05, 4.69) is 36.7 Å². The van der Waals surface area contributed by atoms with Gasteiger partial charge in [0.15, 0.2) is 0 Å². The van der Waals surface area contributed by atoms with Crippen LogP contribution in [0.3, 0.4) is 0 Å². The van der Waals surface area contributed by atoms with Gasteiger partial charge in [-0.3, -0.25) is 0 Å². The van der Waals surface area contributed by atoms with E-state index in [-0.39, 0.29) is 0 Å². The zero-order chi connectivity index (χ0) is 8.53. The van der Waals surface area contributed by atoms with Gasteiger partial charge in [0, 0.05) is 25.4 Å². The molecular weight excluding hydrogens is 156 g/mol. The number of rotatable bonds is 7. The molecule has 0 atom stereocenters. The van der Waals surface area contributed by atoms with Crippen LogP contribution >= 0.6 is 12.6 Å². The average molecular weight is 176 g/mol. The highest BCUT2D eigenvalue weighted by atomic mass is 32.1. The van der Waals surface area contributed by atoms with Crippen LogP contribution in [0.15, 0.2) is 0 Å². The lowest BCUT2D eigenvalue weighted by molar-refractivity contribution is 0.303. The predicted octanol–water partition coefficient (Wildman–Crippen LogP) is 0.848. The molecule has 0 aromatic carbocycles. The third kappa shape index (κ3) is 6.66. The van der Waals surface area contributed by atoms with Gasteiger partial charge in [0.2, 0.25) is 0 Å². The van der Waals surface area contributed by atoms with Crippen molar-refractivity contribution in [2.24, 2.45) is 0 Å². The van der Waals surface area contributed by atoms with E-state index in [4.69, 9.17) is 0 Å². The fourth-order valence-corrected chi connectivity index (χ4v) is 1.14. The third-order valence-corrected chi connectivity index (χ3v) is 2.01. The fraction of sp³-hybridized carbons (Fsp3) is 1.00. The largest absolute Gasteiger partial charge is 0.315 e. The van der Waals surface area contributed by atoms with Crippen molar-refractivity contribution in [3.8, 4) is 0 Å². The van der Waals surface area contributed by atoms with E-state index in [9.17, 15) is 0 Å². The Hall–Kier alpha value is 0.270. The van der Waals surface area contributed by atoms with E-state index in [0.29, 0.717) is 0 Å². The Labute approximate surface area is 75.8 Å². The Balaban J connectivity index is 3.07. The van der Waals surface area contributed by atoms with Gasteiger partial charge in [0.25, 0.3) is 0 Å². The SMILES string of the molecule is CCN(CC)CCNCCS. The molecule has 0 rings (SSSR count). The van der Waals surface area contributed by atoms with E-state index in [1.165, 1.54) is 0 Å². The van der Waals surface area contributed by atoms with Gasteiger partial charge < -0.3 is 10.2 Å². The molecular formula is C8H20N2S. The highest BCUT2D eigenvalue weighted by molar-refractivity contribution is 7.80. The van der Waals surface area contributed by atoms with E-state index < -0.39 is 0 Å². The monoisotopic (exact) mass is 176 g/mol. The van der Waals surface area contributed by atoms with Crippen LogP contribution in [0.1, 0.15) is 13.8 Å². The first-order chi connectivity index (χ1) is 5.35. The van der Waals surface area contributed by atoms with Crippen molar-refractivity contribution in [3.05, 3.63) is 0 Å². The van der Waals surface area contributed by atoms with Crippen molar-refractivity contribution in [2.45, 2.75) is 13.8 Å². The molecule has 0 aliphatic heterocycles. The molecule has 0 bridgehead atoms. The quantitative estimate of drug-likeness (QED) is 0.441. The predicted molar refractivity (Wildman–Crippen MR) is 54.5 cm³/mol. The molecule has 0 saturated carbocycles. The summed E-state index contributed by atoms with van der Waals surface area (Å²) in [5.41, 5.74) is 0. The van der Waals surface area contributed by atoms with E-state index in [0.717, 1.165) is 38.5 Å². The van der Waals surface area contributed by atoms with Crippen LogP contribution in [0.2, 0.25) is 0 Å². The maximum absolute atomic E-state index is 4.11. The molecule has 1 N–H and O–H groups in total. The number of hydrogen-bond donors (Lipinski definition) is 2. The molecule has 0 amide bonds. The van der Waals surface area contributed by atoms with Gasteiger partial charge in [-0.05, 0) is 13.1 Å². The van der Waals surface area contributed by atoms with Crippen LogP contribution in [0, 0.1) is 0 Å². The summed E-state index contributed by atoms with van der Waals surface area (Å²) in [6, 6.07) is 0. The lowest BCUT2D eigenvalue weighted by Gasteiger charge is -2.17. The van der Waals surface area contributed by atoms with Gasteiger partial charge >= 0.3 is 0 Å². The molecule has 3 heteroatoms. The van der Waals surface area contributed by atoms with Crippen LogP contribution < -0.4 is 5.32 Å². The molecule has 0 aliphatic carbocycles. The fourth-order valence-electron chi connectivity index (χ4n) is 0.981. The van der Waals surface area contributed by atoms with E-state index in [1.54, 1.807) is 0 Å². The Morgan fingerprint density at radius 2 is 1.82 bits per heavy atom. The van der Waals surface area contributed by atoms with Crippen molar-refractivity contribution < 1.29 is 0 Å². The topological polar surface area (TPSA) is 15.3 Å². The molecule has 0 radical (unpaired) electrons. The maximum atomic E-state index is 4.11. The number of hydrogen-bond acceptors (Lipinski definition) is 3. The second-order valence-electron chi connectivity index (χ2n) is 2.50. The van der Waals surface area contributed by atoms with Crippen LogP contribution in [0.4, 0.5) is 0 Å². The lowest BCUT2D eigenvalue weighted by Crippen LogP contribution is -2.32. The van der Waals surface area contributed by atoms with Gasteiger partial charge in [-0.25, -0.2) is 0 Å². The summed E-state index contributed by atoms with van der Waals surface area (Å²) in [6.07, 6.45) is 0. The first kappa shape index (κ1) is 11.3. The van der Waals surface area contributed by atoms with Crippen molar-refractivity contribution in [3.63, 3.8) is 0 Å². The molecule has 0 spiro atoms. The van der Waals surface area contributed by atoms with Gasteiger partial charge in [-0.15, -0.1) is 0 Å². The molecule has 0 aliphatic rings. The summed E-state index contributed by atoms with van der Waals surface area (Å²) in [7, 11) is 0. The van der Waals surface area contributed by atoms with Crippen LogP contribution in [-0.2, 0) is 0 Å². The number of likely N-dealkylation sites (N-methyl/N-ethyl adjacent to an activating group) is 1. The standard InChI is InChI=1S/C8H20N2S/c1-3-10(4-2)7-5-9-6-8-11/h9,11H,3-8H2,1-2H3. The number of nitrogens with zero attached hydrogens (tertiary/aromatic N) is 1. The summed E-state index contributed by atoms with van der Waals surface area (Å²) in [6.45, 7) is 9.95. The Kier molecular flexibility index (Phi) is 8.57. The molecule has 11 heavy (non-hydrogen) atoms. The minimum atomic E-state index is 0.929. The van der Waals surface area contributed by atoms with Crippen molar-refractivity contribution in [2.75, 3.05) is 38.5 Å². The normalized spacial score (nSPS) is 10.9. The summed E-state index contributed by atoms with van der Waals surface area (Å²) < 4.78 is 0.